The van der Waals surface area contributed by atoms with E-state index in [1.165, 1.54) is 6.20 Å². The van der Waals surface area contributed by atoms with Gasteiger partial charge in [0, 0.05) is 13.0 Å². The van der Waals surface area contributed by atoms with Gasteiger partial charge in [0.1, 0.15) is 10.2 Å². The zero-order valence-corrected chi connectivity index (χ0v) is 7.88. The number of halogens is 1. The Labute approximate surface area is 73.3 Å². The van der Waals surface area contributed by atoms with Crippen LogP contribution in [0.2, 0.25) is 0 Å². The van der Waals surface area contributed by atoms with Crippen molar-refractivity contribution in [2.45, 2.75) is 6.92 Å². The van der Waals surface area contributed by atoms with E-state index in [0.717, 1.165) is 4.73 Å². The molecule has 0 aliphatic rings. The molecule has 1 rings (SSSR count). The first kappa shape index (κ1) is 8.33. The van der Waals surface area contributed by atoms with Crippen LogP contribution in [0.1, 0.15) is 5.69 Å². The van der Waals surface area contributed by atoms with Crippen LogP contribution in [0.3, 0.4) is 0 Å². The predicted molar refractivity (Wildman–Crippen MR) is 44.4 cm³/mol. The van der Waals surface area contributed by atoms with Crippen molar-refractivity contribution in [3.8, 4) is 5.75 Å². The molecule has 0 saturated carbocycles. The van der Waals surface area contributed by atoms with E-state index in [-0.39, 0.29) is 0 Å². The van der Waals surface area contributed by atoms with Gasteiger partial charge in [0.15, 0.2) is 6.20 Å². The average Bonchev–Trinajstić information content (AvgIpc) is 2.01. The molecular formula is C7H8BrNO2. The lowest BCUT2D eigenvalue weighted by Crippen LogP contribution is -2.29. The van der Waals surface area contributed by atoms with Gasteiger partial charge in [0.2, 0.25) is 5.69 Å². The molecule has 0 aliphatic heterocycles. The highest BCUT2D eigenvalue weighted by Crippen LogP contribution is 2.24. The molecule has 0 spiro atoms. The molecule has 0 unspecified atom stereocenters. The van der Waals surface area contributed by atoms with Gasteiger partial charge >= 0.3 is 0 Å². The first-order chi connectivity index (χ1) is 5.16. The van der Waals surface area contributed by atoms with Crippen LogP contribution in [-0.4, -0.2) is 7.11 Å². The molecule has 0 fully saturated rings. The summed E-state index contributed by atoms with van der Waals surface area (Å²) in [7, 11) is 1.56. The second-order valence-electron chi connectivity index (χ2n) is 2.11. The van der Waals surface area contributed by atoms with E-state index in [1.54, 1.807) is 20.1 Å². The fourth-order valence-electron chi connectivity index (χ4n) is 0.753. The first-order valence-corrected chi connectivity index (χ1v) is 3.88. The average molecular weight is 218 g/mol. The van der Waals surface area contributed by atoms with Crippen LogP contribution in [0, 0.1) is 12.1 Å². The molecular weight excluding hydrogens is 210 g/mol. The van der Waals surface area contributed by atoms with E-state index in [9.17, 15) is 5.21 Å². The summed E-state index contributed by atoms with van der Waals surface area (Å²) in [6.45, 7) is 1.72. The van der Waals surface area contributed by atoms with Crippen molar-refractivity contribution in [2.75, 3.05) is 7.11 Å². The maximum absolute atomic E-state index is 10.9. The van der Waals surface area contributed by atoms with Crippen molar-refractivity contribution in [2.24, 2.45) is 0 Å². The summed E-state index contributed by atoms with van der Waals surface area (Å²) in [6, 6.07) is 1.62. The largest absolute Gasteiger partial charge is 0.618 e. The lowest BCUT2D eigenvalue weighted by molar-refractivity contribution is -0.613. The summed E-state index contributed by atoms with van der Waals surface area (Å²) < 4.78 is 6.47. The number of aromatic nitrogens is 1. The third-order valence-corrected chi connectivity index (χ3v) is 2.41. The molecule has 3 nitrogen and oxygen atoms in total. The third-order valence-electron chi connectivity index (χ3n) is 1.45. The van der Waals surface area contributed by atoms with E-state index < -0.39 is 0 Å². The Kier molecular flexibility index (Phi) is 2.34. The smallest absolute Gasteiger partial charge is 0.207 e. The van der Waals surface area contributed by atoms with Crippen LogP contribution in [-0.2, 0) is 0 Å². The minimum absolute atomic E-state index is 0.601. The lowest BCUT2D eigenvalue weighted by Gasteiger charge is -2.05. The van der Waals surface area contributed by atoms with E-state index in [1.807, 2.05) is 0 Å². The highest BCUT2D eigenvalue weighted by atomic mass is 79.9. The van der Waals surface area contributed by atoms with Gasteiger partial charge in [0.05, 0.1) is 7.11 Å². The van der Waals surface area contributed by atoms with Gasteiger partial charge in [-0.3, -0.25) is 0 Å². The highest BCUT2D eigenvalue weighted by Gasteiger charge is 2.09. The van der Waals surface area contributed by atoms with Gasteiger partial charge in [-0.25, -0.2) is 0 Å². The van der Waals surface area contributed by atoms with Gasteiger partial charge in [-0.15, -0.1) is 0 Å². The van der Waals surface area contributed by atoms with Crippen LogP contribution < -0.4 is 9.47 Å². The second kappa shape index (κ2) is 3.09. The number of ether oxygens (including phenoxy) is 1. The maximum atomic E-state index is 10.9. The van der Waals surface area contributed by atoms with Crippen molar-refractivity contribution in [3.05, 3.63) is 27.6 Å². The van der Waals surface area contributed by atoms with Crippen molar-refractivity contribution in [3.63, 3.8) is 0 Å². The Balaban J connectivity index is 3.25. The molecule has 60 valence electrons. The summed E-state index contributed by atoms with van der Waals surface area (Å²) in [6.07, 6.45) is 1.42. The Morgan fingerprint density at radius 1 is 1.64 bits per heavy atom. The Bertz CT molecular complexity index is 275. The predicted octanol–water partition coefficient (Wildman–Crippen LogP) is 1.40. The van der Waals surface area contributed by atoms with Crippen LogP contribution in [0.25, 0.3) is 0 Å². The van der Waals surface area contributed by atoms with Gasteiger partial charge in [-0.1, -0.05) is 0 Å². The van der Waals surface area contributed by atoms with Crippen molar-refractivity contribution in [1.82, 2.24) is 0 Å². The van der Waals surface area contributed by atoms with Crippen LogP contribution >= 0.6 is 15.9 Å². The molecule has 0 aromatic carbocycles. The summed E-state index contributed by atoms with van der Waals surface area (Å²) in [5.41, 5.74) is 0.601. The van der Waals surface area contributed by atoms with Gasteiger partial charge in [0.25, 0.3) is 0 Å². The second-order valence-corrected chi connectivity index (χ2v) is 2.90. The molecule has 0 atom stereocenters. The monoisotopic (exact) mass is 217 g/mol. The van der Waals surface area contributed by atoms with E-state index in [0.29, 0.717) is 15.9 Å². The van der Waals surface area contributed by atoms with E-state index in [4.69, 9.17) is 4.74 Å². The van der Waals surface area contributed by atoms with Crippen molar-refractivity contribution >= 4 is 15.9 Å². The summed E-state index contributed by atoms with van der Waals surface area (Å²) >= 11 is 3.25. The van der Waals surface area contributed by atoms with Gasteiger partial charge in [-0.05, 0) is 15.9 Å². The number of hydrogen-bond donors (Lipinski definition) is 0. The van der Waals surface area contributed by atoms with Crippen LogP contribution in [0.5, 0.6) is 5.75 Å². The summed E-state index contributed by atoms with van der Waals surface area (Å²) in [4.78, 5) is 0. The molecule has 0 amide bonds. The molecule has 0 radical (unpaired) electrons. The molecule has 11 heavy (non-hydrogen) atoms. The highest BCUT2D eigenvalue weighted by molar-refractivity contribution is 9.10. The Morgan fingerprint density at radius 3 is 2.82 bits per heavy atom. The van der Waals surface area contributed by atoms with Crippen LogP contribution in [0.15, 0.2) is 16.7 Å². The van der Waals surface area contributed by atoms with E-state index >= 15 is 0 Å². The molecule has 0 saturated heterocycles. The summed E-state index contributed by atoms with van der Waals surface area (Å²) in [5, 5.41) is 10.9. The molecule has 0 N–H and O–H groups in total. The number of rotatable bonds is 1. The van der Waals surface area contributed by atoms with Crippen molar-refractivity contribution < 1.29 is 9.47 Å². The zero-order chi connectivity index (χ0) is 8.43. The van der Waals surface area contributed by atoms with Crippen LogP contribution in [0.4, 0.5) is 0 Å². The lowest BCUT2D eigenvalue weighted by atomic mass is 10.3. The normalized spacial score (nSPS) is 9.73. The van der Waals surface area contributed by atoms with Gasteiger partial charge < -0.3 is 9.94 Å². The fourth-order valence-corrected chi connectivity index (χ4v) is 1.22. The SMILES string of the molecule is COc1cc[n+]([O-])c(C)c1Br. The quantitative estimate of drug-likeness (QED) is 0.527. The number of methoxy groups -OCH3 is 1. The molecule has 1 heterocycles. The molecule has 0 bridgehead atoms. The minimum atomic E-state index is 0.601. The number of hydrogen-bond acceptors (Lipinski definition) is 2. The standard InChI is InChI=1S/C7H8BrNO2/c1-5-7(8)6(11-2)3-4-9(5)10/h3-4H,1-2H3. The molecule has 1 aromatic rings. The van der Waals surface area contributed by atoms with Crippen molar-refractivity contribution in [1.29, 1.82) is 0 Å². The minimum Gasteiger partial charge on any atom is -0.618 e. The Hall–Kier alpha value is -0.770. The number of nitrogens with zero attached hydrogens (tertiary/aromatic N) is 1. The molecule has 1 aromatic heterocycles. The van der Waals surface area contributed by atoms with E-state index in [2.05, 4.69) is 15.9 Å². The topological polar surface area (TPSA) is 36.2 Å². The number of pyridine rings is 1. The third kappa shape index (κ3) is 1.45. The van der Waals surface area contributed by atoms with Gasteiger partial charge in [-0.2, -0.15) is 4.73 Å². The Morgan fingerprint density at radius 2 is 2.27 bits per heavy atom. The molecule has 4 heteroatoms. The zero-order valence-electron chi connectivity index (χ0n) is 6.30. The maximum Gasteiger partial charge on any atom is 0.207 e. The first-order valence-electron chi connectivity index (χ1n) is 3.09. The molecule has 0 aliphatic carbocycles. The fraction of sp³-hybridized carbons (Fsp3) is 0.286. The summed E-state index contributed by atoms with van der Waals surface area (Å²) in [5.74, 6) is 0.676.